The Morgan fingerprint density at radius 2 is 1.73 bits per heavy atom. The Labute approximate surface area is 149 Å². The third kappa shape index (κ3) is 5.06. The largest absolute Gasteiger partial charge is 0.416 e. The van der Waals surface area contributed by atoms with Crippen molar-refractivity contribution in [2.75, 3.05) is 11.9 Å². The molecule has 2 N–H and O–H groups in total. The van der Waals surface area contributed by atoms with Gasteiger partial charge in [-0.15, -0.1) is 0 Å². The molecule has 0 aliphatic rings. The lowest BCUT2D eigenvalue weighted by molar-refractivity contribution is -0.137. The van der Waals surface area contributed by atoms with Gasteiger partial charge in [-0.2, -0.15) is 13.2 Å². The normalized spacial score (nSPS) is 12.0. The predicted octanol–water partition coefficient (Wildman–Crippen LogP) is 3.65. The number of hydrogen-bond donors (Lipinski definition) is 2. The van der Waals surface area contributed by atoms with E-state index in [0.29, 0.717) is 13.0 Å². The molecule has 0 bridgehead atoms. The molecule has 2 rings (SSSR count). The van der Waals surface area contributed by atoms with E-state index in [-0.39, 0.29) is 16.1 Å². The van der Waals surface area contributed by atoms with Crippen LogP contribution < -0.4 is 10.0 Å². The SMILES string of the molecule is CCCNS(=O)(=O)c1ccc(NC(=O)c2cccc(C(F)(F)F)c2)cc1. The van der Waals surface area contributed by atoms with E-state index in [1.165, 1.54) is 30.3 Å². The van der Waals surface area contributed by atoms with Gasteiger partial charge in [0.25, 0.3) is 5.91 Å². The van der Waals surface area contributed by atoms with Gasteiger partial charge in [0.15, 0.2) is 0 Å². The summed E-state index contributed by atoms with van der Waals surface area (Å²) in [7, 11) is -3.63. The summed E-state index contributed by atoms with van der Waals surface area (Å²) in [6.45, 7) is 2.13. The first-order valence-electron chi connectivity index (χ1n) is 7.72. The number of anilines is 1. The van der Waals surface area contributed by atoms with Crippen LogP contribution in [0.5, 0.6) is 0 Å². The van der Waals surface area contributed by atoms with E-state index in [2.05, 4.69) is 10.0 Å². The average molecular weight is 386 g/mol. The van der Waals surface area contributed by atoms with E-state index in [0.717, 1.165) is 18.2 Å². The highest BCUT2D eigenvalue weighted by Gasteiger charge is 2.30. The Kier molecular flexibility index (Phi) is 6.04. The minimum absolute atomic E-state index is 0.0306. The number of carbonyl (C=O) groups excluding carboxylic acids is 1. The second-order valence-electron chi connectivity index (χ2n) is 5.45. The molecule has 9 heteroatoms. The van der Waals surface area contributed by atoms with E-state index in [9.17, 15) is 26.4 Å². The number of halogens is 3. The molecule has 0 saturated heterocycles. The number of sulfonamides is 1. The van der Waals surface area contributed by atoms with E-state index in [1.807, 2.05) is 6.92 Å². The molecule has 2 aromatic carbocycles. The van der Waals surface area contributed by atoms with Gasteiger partial charge in [0.1, 0.15) is 0 Å². The molecule has 0 atom stereocenters. The van der Waals surface area contributed by atoms with Gasteiger partial charge in [-0.25, -0.2) is 13.1 Å². The fourth-order valence-corrected chi connectivity index (χ4v) is 3.21. The predicted molar refractivity (Wildman–Crippen MR) is 91.3 cm³/mol. The second-order valence-corrected chi connectivity index (χ2v) is 7.22. The Morgan fingerprint density at radius 1 is 1.08 bits per heavy atom. The number of hydrogen-bond acceptors (Lipinski definition) is 3. The van der Waals surface area contributed by atoms with Gasteiger partial charge in [-0.1, -0.05) is 13.0 Å². The van der Waals surface area contributed by atoms with Crippen LogP contribution in [-0.2, 0) is 16.2 Å². The monoisotopic (exact) mass is 386 g/mol. The maximum absolute atomic E-state index is 12.7. The summed E-state index contributed by atoms with van der Waals surface area (Å²) in [6.07, 6.45) is -3.90. The third-order valence-corrected chi connectivity index (χ3v) is 4.89. The molecule has 140 valence electrons. The van der Waals surface area contributed by atoms with Crippen molar-refractivity contribution in [2.24, 2.45) is 0 Å². The fourth-order valence-electron chi connectivity index (χ4n) is 2.08. The second kappa shape index (κ2) is 7.88. The number of amides is 1. The van der Waals surface area contributed by atoms with Crippen LogP contribution in [0.2, 0.25) is 0 Å². The van der Waals surface area contributed by atoms with Crippen molar-refractivity contribution in [3.05, 3.63) is 59.7 Å². The Morgan fingerprint density at radius 3 is 2.31 bits per heavy atom. The molecule has 0 saturated carbocycles. The van der Waals surface area contributed by atoms with Crippen molar-refractivity contribution in [2.45, 2.75) is 24.4 Å². The molecule has 0 spiro atoms. The molecule has 26 heavy (non-hydrogen) atoms. The van der Waals surface area contributed by atoms with Crippen LogP contribution in [0.4, 0.5) is 18.9 Å². The molecule has 0 radical (unpaired) electrons. The summed E-state index contributed by atoms with van der Waals surface area (Å²) in [5, 5.41) is 2.44. The van der Waals surface area contributed by atoms with E-state index < -0.39 is 27.7 Å². The van der Waals surface area contributed by atoms with Crippen molar-refractivity contribution in [1.82, 2.24) is 4.72 Å². The molecule has 0 aliphatic carbocycles. The van der Waals surface area contributed by atoms with Gasteiger partial charge in [0.05, 0.1) is 10.5 Å². The van der Waals surface area contributed by atoms with Crippen LogP contribution in [0.25, 0.3) is 0 Å². The Balaban J connectivity index is 2.13. The number of nitrogens with one attached hydrogen (secondary N) is 2. The van der Waals surface area contributed by atoms with Crippen molar-refractivity contribution >= 4 is 21.6 Å². The van der Waals surface area contributed by atoms with Crippen molar-refractivity contribution in [1.29, 1.82) is 0 Å². The molecule has 1 amide bonds. The molecule has 5 nitrogen and oxygen atoms in total. The summed E-state index contributed by atoms with van der Waals surface area (Å²) < 4.78 is 64.5. The zero-order chi connectivity index (χ0) is 19.4. The molecule has 2 aromatic rings. The molecular formula is C17H17F3N2O3S. The van der Waals surface area contributed by atoms with Crippen LogP contribution in [-0.4, -0.2) is 20.9 Å². The van der Waals surface area contributed by atoms with Crippen molar-refractivity contribution in [3.8, 4) is 0 Å². The quantitative estimate of drug-likeness (QED) is 0.796. The third-order valence-electron chi connectivity index (χ3n) is 3.42. The lowest BCUT2D eigenvalue weighted by Gasteiger charge is -2.10. The zero-order valence-electron chi connectivity index (χ0n) is 13.8. The van der Waals surface area contributed by atoms with Crippen LogP contribution in [0.15, 0.2) is 53.4 Å². The van der Waals surface area contributed by atoms with Crippen LogP contribution in [0.3, 0.4) is 0 Å². The van der Waals surface area contributed by atoms with Gasteiger partial charge in [-0.3, -0.25) is 4.79 Å². The van der Waals surface area contributed by atoms with E-state index >= 15 is 0 Å². The zero-order valence-corrected chi connectivity index (χ0v) is 14.6. The number of carbonyl (C=O) groups is 1. The van der Waals surface area contributed by atoms with Gasteiger partial charge < -0.3 is 5.32 Å². The summed E-state index contributed by atoms with van der Waals surface area (Å²) in [6, 6.07) is 9.38. The van der Waals surface area contributed by atoms with Crippen LogP contribution >= 0.6 is 0 Å². The first-order valence-corrected chi connectivity index (χ1v) is 9.20. The Bertz CT molecular complexity index is 879. The average Bonchev–Trinajstić information content (AvgIpc) is 2.60. The highest BCUT2D eigenvalue weighted by molar-refractivity contribution is 7.89. The Hall–Kier alpha value is -2.39. The topological polar surface area (TPSA) is 75.3 Å². The van der Waals surface area contributed by atoms with E-state index in [1.54, 1.807) is 0 Å². The van der Waals surface area contributed by atoms with Gasteiger partial charge in [-0.05, 0) is 48.9 Å². The summed E-state index contributed by atoms with van der Waals surface area (Å²) in [5.41, 5.74) is -0.809. The number of alkyl halides is 3. The molecular weight excluding hydrogens is 369 g/mol. The van der Waals surface area contributed by atoms with Crippen LogP contribution in [0.1, 0.15) is 29.3 Å². The molecule has 0 fully saturated rings. The maximum Gasteiger partial charge on any atom is 0.416 e. The summed E-state index contributed by atoms with van der Waals surface area (Å²) >= 11 is 0. The van der Waals surface area contributed by atoms with Gasteiger partial charge >= 0.3 is 6.18 Å². The first kappa shape index (κ1) is 19.9. The van der Waals surface area contributed by atoms with Gasteiger partial charge in [0, 0.05) is 17.8 Å². The fraction of sp³-hybridized carbons (Fsp3) is 0.235. The lowest BCUT2D eigenvalue weighted by Crippen LogP contribution is -2.24. The summed E-state index contributed by atoms with van der Waals surface area (Å²) in [4.78, 5) is 12.1. The first-order chi connectivity index (χ1) is 12.1. The van der Waals surface area contributed by atoms with E-state index in [4.69, 9.17) is 0 Å². The minimum atomic E-state index is -4.54. The van der Waals surface area contributed by atoms with Crippen molar-refractivity contribution < 1.29 is 26.4 Å². The lowest BCUT2D eigenvalue weighted by atomic mass is 10.1. The smallest absolute Gasteiger partial charge is 0.322 e. The highest BCUT2D eigenvalue weighted by atomic mass is 32.2. The molecule has 0 aromatic heterocycles. The molecule has 0 unspecified atom stereocenters. The maximum atomic E-state index is 12.7. The van der Waals surface area contributed by atoms with Crippen LogP contribution in [0, 0.1) is 0 Å². The standard InChI is InChI=1S/C17H17F3N2O3S/c1-2-10-21-26(24,25)15-8-6-14(7-9-15)22-16(23)12-4-3-5-13(11-12)17(18,19)20/h3-9,11,21H,2,10H2,1H3,(H,22,23). The highest BCUT2D eigenvalue weighted by Crippen LogP contribution is 2.29. The summed E-state index contributed by atoms with van der Waals surface area (Å²) in [5.74, 6) is -0.726. The number of benzene rings is 2. The number of rotatable bonds is 6. The van der Waals surface area contributed by atoms with Crippen molar-refractivity contribution in [3.63, 3.8) is 0 Å². The minimum Gasteiger partial charge on any atom is -0.322 e. The molecule has 0 aliphatic heterocycles. The molecule has 0 heterocycles. The van der Waals surface area contributed by atoms with Gasteiger partial charge in [0.2, 0.25) is 10.0 Å².